The highest BCUT2D eigenvalue weighted by Gasteiger charge is 2.35. The third kappa shape index (κ3) is 3.18. The normalized spacial score (nSPS) is 29.1. The molecule has 0 aromatic rings. The highest BCUT2D eigenvalue weighted by molar-refractivity contribution is 5.73. The summed E-state index contributed by atoms with van der Waals surface area (Å²) in [5, 5.41) is 8.96. The first kappa shape index (κ1) is 12.5. The second kappa shape index (κ2) is 5.47. The van der Waals surface area contributed by atoms with Crippen LogP contribution < -0.4 is 0 Å². The van der Waals surface area contributed by atoms with E-state index in [2.05, 4.69) is 11.8 Å². The van der Waals surface area contributed by atoms with Gasteiger partial charge in [-0.05, 0) is 11.8 Å². The first-order valence-corrected chi connectivity index (χ1v) is 5.49. The van der Waals surface area contributed by atoms with E-state index in [-0.39, 0.29) is 24.4 Å². The van der Waals surface area contributed by atoms with Crippen molar-refractivity contribution in [2.45, 2.75) is 13.8 Å². The summed E-state index contributed by atoms with van der Waals surface area (Å²) in [6.45, 7) is 6.83. The number of aliphatic hydroxyl groups is 1. The number of carbonyl (C=O) groups excluding carboxylic acids is 1. The van der Waals surface area contributed by atoms with Gasteiger partial charge in [0.25, 0.3) is 0 Å². The van der Waals surface area contributed by atoms with Crippen LogP contribution in [-0.4, -0.2) is 49.3 Å². The number of ether oxygens (including phenoxy) is 1. The molecule has 1 fully saturated rings. The van der Waals surface area contributed by atoms with Crippen LogP contribution in [0, 0.1) is 17.8 Å². The third-order valence-corrected chi connectivity index (χ3v) is 3.07. The molecule has 3 atom stereocenters. The fraction of sp³-hybridized carbons (Fsp3) is 0.909. The lowest BCUT2D eigenvalue weighted by Gasteiger charge is -2.18. The Balaban J connectivity index is 2.45. The van der Waals surface area contributed by atoms with E-state index in [0.29, 0.717) is 5.92 Å². The van der Waals surface area contributed by atoms with Gasteiger partial charge in [0.2, 0.25) is 0 Å². The van der Waals surface area contributed by atoms with Crippen molar-refractivity contribution in [1.29, 1.82) is 0 Å². The smallest absolute Gasteiger partial charge is 0.310 e. The van der Waals surface area contributed by atoms with Crippen molar-refractivity contribution in [3.05, 3.63) is 0 Å². The first-order valence-electron chi connectivity index (χ1n) is 5.49. The van der Waals surface area contributed by atoms with Gasteiger partial charge in [-0.2, -0.15) is 0 Å². The number of likely N-dealkylation sites (tertiary alicyclic amines) is 1. The fourth-order valence-electron chi connectivity index (χ4n) is 2.17. The largest absolute Gasteiger partial charge is 0.469 e. The average molecular weight is 215 g/mol. The summed E-state index contributed by atoms with van der Waals surface area (Å²) < 4.78 is 4.77. The quantitative estimate of drug-likeness (QED) is 0.688. The number of methoxy groups -OCH3 is 1. The van der Waals surface area contributed by atoms with Crippen molar-refractivity contribution in [2.75, 3.05) is 33.4 Å². The van der Waals surface area contributed by atoms with E-state index in [4.69, 9.17) is 9.84 Å². The molecule has 0 spiro atoms. The molecule has 0 bridgehead atoms. The van der Waals surface area contributed by atoms with E-state index in [1.807, 2.05) is 6.92 Å². The Hall–Kier alpha value is -0.610. The van der Waals surface area contributed by atoms with Gasteiger partial charge in [0.15, 0.2) is 0 Å². The zero-order valence-electron chi connectivity index (χ0n) is 9.77. The van der Waals surface area contributed by atoms with E-state index in [9.17, 15) is 4.79 Å². The van der Waals surface area contributed by atoms with Gasteiger partial charge >= 0.3 is 5.97 Å². The lowest BCUT2D eigenvalue weighted by molar-refractivity contribution is -0.146. The van der Waals surface area contributed by atoms with Gasteiger partial charge in [-0.1, -0.05) is 13.8 Å². The Bertz CT molecular complexity index is 220. The molecule has 15 heavy (non-hydrogen) atoms. The van der Waals surface area contributed by atoms with Crippen LogP contribution in [0.1, 0.15) is 13.8 Å². The van der Waals surface area contributed by atoms with Crippen LogP contribution in [0.15, 0.2) is 0 Å². The van der Waals surface area contributed by atoms with Gasteiger partial charge in [0, 0.05) is 26.2 Å². The van der Waals surface area contributed by atoms with Crippen LogP contribution in [-0.2, 0) is 9.53 Å². The van der Waals surface area contributed by atoms with Crippen LogP contribution in [0.5, 0.6) is 0 Å². The van der Waals surface area contributed by atoms with E-state index >= 15 is 0 Å². The molecule has 4 nitrogen and oxygen atoms in total. The lowest BCUT2D eigenvalue weighted by atomic mass is 9.99. The van der Waals surface area contributed by atoms with Crippen molar-refractivity contribution < 1.29 is 14.6 Å². The summed E-state index contributed by atoms with van der Waals surface area (Å²) in [5.41, 5.74) is 0. The molecule has 0 radical (unpaired) electrons. The number of hydrogen-bond acceptors (Lipinski definition) is 4. The second-order valence-electron chi connectivity index (χ2n) is 4.61. The number of carbonyl (C=O) groups is 1. The molecule has 1 heterocycles. The maximum atomic E-state index is 11.4. The molecule has 1 rings (SSSR count). The van der Waals surface area contributed by atoms with E-state index in [0.717, 1.165) is 19.6 Å². The molecule has 1 aliphatic heterocycles. The summed E-state index contributed by atoms with van der Waals surface area (Å²) in [6.07, 6.45) is 0. The molecular formula is C11H21NO3. The maximum absolute atomic E-state index is 11.4. The maximum Gasteiger partial charge on any atom is 0.310 e. The standard InChI is InChI=1S/C11H21NO3/c1-8(7-13)4-12-5-9(2)10(6-12)11(14)15-3/h8-10,13H,4-7H2,1-3H3. The van der Waals surface area contributed by atoms with Gasteiger partial charge in [-0.15, -0.1) is 0 Å². The van der Waals surface area contributed by atoms with Crippen molar-refractivity contribution in [3.63, 3.8) is 0 Å². The molecule has 1 aliphatic rings. The second-order valence-corrected chi connectivity index (χ2v) is 4.61. The Kier molecular flexibility index (Phi) is 4.54. The molecule has 0 aromatic heterocycles. The molecule has 1 saturated heterocycles. The average Bonchev–Trinajstić information content (AvgIpc) is 2.58. The summed E-state index contributed by atoms with van der Waals surface area (Å²) in [4.78, 5) is 13.7. The van der Waals surface area contributed by atoms with Crippen LogP contribution in [0.25, 0.3) is 0 Å². The number of nitrogens with zero attached hydrogens (tertiary/aromatic N) is 1. The number of rotatable bonds is 4. The van der Waals surface area contributed by atoms with Crippen molar-refractivity contribution >= 4 is 5.97 Å². The van der Waals surface area contributed by atoms with Crippen molar-refractivity contribution in [1.82, 2.24) is 4.90 Å². The molecule has 88 valence electrons. The number of esters is 1. The molecule has 4 heteroatoms. The Morgan fingerprint density at radius 3 is 2.80 bits per heavy atom. The van der Waals surface area contributed by atoms with Gasteiger partial charge in [-0.3, -0.25) is 4.79 Å². The summed E-state index contributed by atoms with van der Waals surface area (Å²) in [5.74, 6) is 0.513. The highest BCUT2D eigenvalue weighted by atomic mass is 16.5. The third-order valence-electron chi connectivity index (χ3n) is 3.07. The zero-order valence-corrected chi connectivity index (χ0v) is 9.77. The van der Waals surface area contributed by atoms with Crippen LogP contribution >= 0.6 is 0 Å². The van der Waals surface area contributed by atoms with Gasteiger partial charge in [0.1, 0.15) is 0 Å². The molecular weight excluding hydrogens is 194 g/mol. The van der Waals surface area contributed by atoms with Gasteiger partial charge in [0.05, 0.1) is 13.0 Å². The molecule has 0 saturated carbocycles. The molecule has 0 aromatic carbocycles. The summed E-state index contributed by atoms with van der Waals surface area (Å²) in [7, 11) is 1.44. The zero-order chi connectivity index (χ0) is 11.4. The van der Waals surface area contributed by atoms with E-state index in [1.54, 1.807) is 0 Å². The topological polar surface area (TPSA) is 49.8 Å². The SMILES string of the molecule is COC(=O)C1CN(CC(C)CO)CC1C. The molecule has 3 unspecified atom stereocenters. The monoisotopic (exact) mass is 215 g/mol. The predicted octanol–water partition coefficient (Wildman–Crippen LogP) is 0.356. The van der Waals surface area contributed by atoms with E-state index < -0.39 is 0 Å². The predicted molar refractivity (Wildman–Crippen MR) is 57.4 cm³/mol. The van der Waals surface area contributed by atoms with Crippen LogP contribution in [0.3, 0.4) is 0 Å². The Morgan fingerprint density at radius 2 is 2.27 bits per heavy atom. The number of hydrogen-bond donors (Lipinski definition) is 1. The molecule has 0 amide bonds. The minimum atomic E-state index is -0.110. The molecule has 0 aliphatic carbocycles. The van der Waals surface area contributed by atoms with Gasteiger partial charge < -0.3 is 14.7 Å². The highest BCUT2D eigenvalue weighted by Crippen LogP contribution is 2.24. The minimum absolute atomic E-state index is 0.000827. The van der Waals surface area contributed by atoms with Crippen LogP contribution in [0.4, 0.5) is 0 Å². The first-order chi connectivity index (χ1) is 7.08. The van der Waals surface area contributed by atoms with Crippen molar-refractivity contribution in [2.24, 2.45) is 17.8 Å². The fourth-order valence-corrected chi connectivity index (χ4v) is 2.17. The Morgan fingerprint density at radius 1 is 1.60 bits per heavy atom. The van der Waals surface area contributed by atoms with Crippen LogP contribution in [0.2, 0.25) is 0 Å². The lowest BCUT2D eigenvalue weighted by Crippen LogP contribution is -2.29. The summed E-state index contributed by atoms with van der Waals surface area (Å²) >= 11 is 0. The Labute approximate surface area is 91.2 Å². The molecule has 1 N–H and O–H groups in total. The van der Waals surface area contributed by atoms with E-state index in [1.165, 1.54) is 7.11 Å². The minimum Gasteiger partial charge on any atom is -0.469 e. The van der Waals surface area contributed by atoms with Crippen molar-refractivity contribution in [3.8, 4) is 0 Å². The summed E-state index contributed by atoms with van der Waals surface area (Å²) in [6, 6.07) is 0. The van der Waals surface area contributed by atoms with Gasteiger partial charge in [-0.25, -0.2) is 0 Å². The number of aliphatic hydroxyl groups excluding tert-OH is 1.